The maximum Gasteiger partial charge on any atom is 0.269 e. The average Bonchev–Trinajstić information content (AvgIpc) is 3.40. The number of hydrazine groups is 1. The minimum atomic E-state index is -0.431. The van der Waals surface area contributed by atoms with Gasteiger partial charge in [-0.2, -0.15) is 0 Å². The zero-order valence-electron chi connectivity index (χ0n) is 26.2. The second kappa shape index (κ2) is 14.4. The van der Waals surface area contributed by atoms with Gasteiger partial charge in [-0.15, -0.1) is 11.8 Å². The van der Waals surface area contributed by atoms with Crippen LogP contribution in [0.4, 0.5) is 0 Å². The molecule has 2 fully saturated rings. The largest absolute Gasteiger partial charge is 0.379 e. The van der Waals surface area contributed by atoms with E-state index in [0.717, 1.165) is 28.7 Å². The Hall–Kier alpha value is -3.52. The number of hydrogen-bond acceptors (Lipinski definition) is 7. The van der Waals surface area contributed by atoms with E-state index in [2.05, 4.69) is 42.2 Å². The monoisotopic (exact) mass is 821 g/mol. The highest BCUT2D eigenvalue weighted by Crippen LogP contribution is 2.42. The summed E-state index contributed by atoms with van der Waals surface area (Å²) < 4.78 is 8.42. The number of aromatic nitrogens is 2. The van der Waals surface area contributed by atoms with Crippen molar-refractivity contribution in [2.75, 3.05) is 32.8 Å². The van der Waals surface area contributed by atoms with E-state index < -0.39 is 5.91 Å². The van der Waals surface area contributed by atoms with Gasteiger partial charge in [-0.3, -0.25) is 29.3 Å². The van der Waals surface area contributed by atoms with Gasteiger partial charge in [0.2, 0.25) is 0 Å². The number of fused-ring (bicyclic) bond motifs is 1. The molecule has 0 saturated carbocycles. The summed E-state index contributed by atoms with van der Waals surface area (Å²) in [7, 11) is 0. The maximum absolute atomic E-state index is 14.1. The van der Waals surface area contributed by atoms with Crippen molar-refractivity contribution in [3.63, 3.8) is 0 Å². The molecule has 0 bridgehead atoms. The van der Waals surface area contributed by atoms with Gasteiger partial charge in [0, 0.05) is 44.7 Å². The molecule has 13 heteroatoms. The van der Waals surface area contributed by atoms with Crippen LogP contribution >= 0.6 is 55.2 Å². The van der Waals surface area contributed by atoms with Crippen molar-refractivity contribution in [3.05, 3.63) is 126 Å². The van der Waals surface area contributed by atoms with E-state index in [0.29, 0.717) is 62.8 Å². The van der Waals surface area contributed by atoms with Crippen molar-refractivity contribution in [2.45, 2.75) is 17.5 Å². The first-order valence-corrected chi connectivity index (χ1v) is 18.5. The van der Waals surface area contributed by atoms with Crippen molar-refractivity contribution in [3.8, 4) is 17.1 Å². The lowest BCUT2D eigenvalue weighted by atomic mass is 10.1. The molecule has 5 aromatic rings. The third kappa shape index (κ3) is 7.08. The summed E-state index contributed by atoms with van der Waals surface area (Å²) in [5, 5.41) is 1.71. The number of nitrogens with one attached hydrogen (secondary N) is 1. The Labute approximate surface area is 308 Å². The van der Waals surface area contributed by atoms with Crippen LogP contribution in [-0.2, 0) is 9.53 Å². The van der Waals surface area contributed by atoms with Crippen LogP contribution in [0, 0.1) is 6.92 Å². The summed E-state index contributed by atoms with van der Waals surface area (Å²) in [6.45, 7) is 5.40. The molecule has 0 spiro atoms. The Morgan fingerprint density at radius 3 is 2.37 bits per heavy atom. The number of morpholine rings is 1. The minimum absolute atomic E-state index is 0.147. The van der Waals surface area contributed by atoms with Gasteiger partial charge < -0.3 is 4.74 Å². The van der Waals surface area contributed by atoms with Crippen molar-refractivity contribution >= 4 is 77.9 Å². The minimum Gasteiger partial charge on any atom is -0.379 e. The molecule has 2 amide bonds. The molecule has 2 saturated heterocycles. The Balaban J connectivity index is 1.20. The fourth-order valence-corrected chi connectivity index (χ4v) is 8.81. The molecule has 1 N–H and O–H groups in total. The van der Waals surface area contributed by atoms with Crippen molar-refractivity contribution < 1.29 is 14.3 Å². The first kappa shape index (κ1) is 34.0. The van der Waals surface area contributed by atoms with Crippen molar-refractivity contribution in [1.82, 2.24) is 24.9 Å². The van der Waals surface area contributed by atoms with E-state index in [9.17, 15) is 14.4 Å². The van der Waals surface area contributed by atoms with Crippen LogP contribution in [0.5, 0.6) is 0 Å². The van der Waals surface area contributed by atoms with Gasteiger partial charge in [-0.1, -0.05) is 57.4 Å². The molecule has 250 valence electrons. The smallest absolute Gasteiger partial charge is 0.269 e. The molecule has 2 atom stereocenters. The Bertz CT molecular complexity index is 2110. The third-order valence-electron chi connectivity index (χ3n) is 8.53. The summed E-state index contributed by atoms with van der Waals surface area (Å²) in [4.78, 5) is 48.7. The van der Waals surface area contributed by atoms with E-state index in [-0.39, 0.29) is 22.1 Å². The average molecular weight is 824 g/mol. The van der Waals surface area contributed by atoms with Crippen LogP contribution in [0.1, 0.15) is 26.9 Å². The molecule has 0 radical (unpaired) electrons. The Morgan fingerprint density at radius 2 is 1.67 bits per heavy atom. The van der Waals surface area contributed by atoms with E-state index in [1.54, 1.807) is 54.2 Å². The van der Waals surface area contributed by atoms with Crippen LogP contribution in [0.25, 0.3) is 28.0 Å². The number of nitrogens with zero attached hydrogens (tertiary/aromatic N) is 4. The lowest BCUT2D eigenvalue weighted by molar-refractivity contribution is -0.133. The number of amides is 2. The molecule has 2 aliphatic rings. The summed E-state index contributed by atoms with van der Waals surface area (Å²) in [5.41, 5.74) is 6.74. The molecular formula is C36H30Br2ClN5O4S. The second-order valence-corrected chi connectivity index (χ2v) is 15.4. The highest BCUT2D eigenvalue weighted by atomic mass is 79.9. The number of carbonyl (C=O) groups is 2. The third-order valence-corrected chi connectivity index (χ3v) is 11.3. The number of halogens is 3. The van der Waals surface area contributed by atoms with Gasteiger partial charge in [-0.05, 0) is 89.1 Å². The topological polar surface area (TPSA) is 96.8 Å². The normalized spacial score (nSPS) is 18.3. The fraction of sp³-hybridized carbons (Fsp3) is 0.222. The Kier molecular flexibility index (Phi) is 9.96. The summed E-state index contributed by atoms with van der Waals surface area (Å²) in [5.74, 6) is -0.161. The van der Waals surface area contributed by atoms with Gasteiger partial charge >= 0.3 is 0 Å². The summed E-state index contributed by atoms with van der Waals surface area (Å²) >= 11 is 14.7. The number of hydrogen-bond donors (Lipinski definition) is 1. The molecule has 4 aromatic carbocycles. The van der Waals surface area contributed by atoms with Gasteiger partial charge in [-0.25, -0.2) is 9.99 Å². The van der Waals surface area contributed by atoms with Crippen LogP contribution in [-0.4, -0.2) is 69.4 Å². The predicted molar refractivity (Wildman–Crippen MR) is 200 cm³/mol. The zero-order valence-corrected chi connectivity index (χ0v) is 31.0. The molecule has 1 aromatic heterocycles. The lowest BCUT2D eigenvalue weighted by Gasteiger charge is -2.28. The zero-order chi connectivity index (χ0) is 34.2. The van der Waals surface area contributed by atoms with Crippen molar-refractivity contribution in [1.29, 1.82) is 0 Å². The number of carbonyl (C=O) groups excluding carboxylic acids is 2. The Morgan fingerprint density at radius 1 is 0.980 bits per heavy atom. The molecule has 7 rings (SSSR count). The van der Waals surface area contributed by atoms with Crippen LogP contribution < -0.4 is 11.0 Å². The van der Waals surface area contributed by atoms with Crippen molar-refractivity contribution in [2.24, 2.45) is 0 Å². The van der Waals surface area contributed by atoms with Gasteiger partial charge in [0.1, 0.15) is 16.4 Å². The number of thioether (sulfide) groups is 1. The molecule has 3 heterocycles. The van der Waals surface area contributed by atoms with Crippen LogP contribution in [0.2, 0.25) is 5.02 Å². The summed E-state index contributed by atoms with van der Waals surface area (Å²) in [6, 6.07) is 25.4. The van der Waals surface area contributed by atoms with E-state index in [4.69, 9.17) is 21.3 Å². The van der Waals surface area contributed by atoms with E-state index in [1.807, 2.05) is 49.4 Å². The van der Waals surface area contributed by atoms with E-state index in [1.165, 1.54) is 9.58 Å². The van der Waals surface area contributed by atoms with Crippen LogP contribution in [0.3, 0.4) is 0 Å². The molecular weight excluding hydrogens is 794 g/mol. The van der Waals surface area contributed by atoms with Gasteiger partial charge in [0.05, 0.1) is 29.8 Å². The van der Waals surface area contributed by atoms with Gasteiger partial charge in [0.25, 0.3) is 17.4 Å². The molecule has 2 unspecified atom stereocenters. The second-order valence-electron chi connectivity index (χ2n) is 11.9. The highest BCUT2D eigenvalue weighted by molar-refractivity contribution is 9.11. The molecule has 2 aliphatic heterocycles. The number of rotatable bonds is 7. The standard InChI is InChI=1S/C36H30Br2ClN5O4S/c1-21-2-4-24(5-3-21)36-44(35(47)30(49-36)20-42-14-16-48-17-15-42)41-33(45)23-8-12-27(13-9-23)43-32(22-6-10-26(39)11-7-22)40-31-28(34(43)46)18-25(37)19-29(31)38/h2-13,18-19,30,36H,14-17,20H2,1H3,(H,41,45). The quantitative estimate of drug-likeness (QED) is 0.186. The maximum atomic E-state index is 14.1. The highest BCUT2D eigenvalue weighted by Gasteiger charge is 2.43. The number of benzene rings is 4. The summed E-state index contributed by atoms with van der Waals surface area (Å²) in [6.07, 6.45) is 0. The number of ether oxygens (including phenoxy) is 1. The predicted octanol–water partition coefficient (Wildman–Crippen LogP) is 7.16. The van der Waals surface area contributed by atoms with E-state index >= 15 is 0 Å². The SMILES string of the molecule is Cc1ccc(C2SC(CN3CCOCC3)C(=O)N2NC(=O)c2ccc(-n3c(-c4ccc(Cl)cc4)nc4c(Br)cc(Br)cc4c3=O)cc2)cc1. The lowest BCUT2D eigenvalue weighted by Crippen LogP contribution is -2.48. The molecule has 9 nitrogen and oxygen atoms in total. The molecule has 0 aliphatic carbocycles. The molecule has 49 heavy (non-hydrogen) atoms. The van der Waals surface area contributed by atoms with Crippen LogP contribution in [0.15, 0.2) is 98.7 Å². The van der Waals surface area contributed by atoms with Gasteiger partial charge in [0.15, 0.2) is 0 Å². The first-order chi connectivity index (χ1) is 23.7. The number of aryl methyl sites for hydroxylation is 1. The fourth-order valence-electron chi connectivity index (χ4n) is 5.94. The first-order valence-electron chi connectivity index (χ1n) is 15.6.